The summed E-state index contributed by atoms with van der Waals surface area (Å²) in [5.74, 6) is -1.90. The number of hydrogen-bond donors (Lipinski definition) is 0. The van der Waals surface area contributed by atoms with Gasteiger partial charge in [-0.15, -0.1) is 0 Å². The molecule has 2 aliphatic heterocycles. The predicted molar refractivity (Wildman–Crippen MR) is 132 cm³/mol. The van der Waals surface area contributed by atoms with Gasteiger partial charge < -0.3 is 9.64 Å². The Balaban J connectivity index is 1.29. The molecule has 35 heavy (non-hydrogen) atoms. The van der Waals surface area contributed by atoms with Crippen molar-refractivity contribution in [2.24, 2.45) is 17.8 Å². The van der Waals surface area contributed by atoms with E-state index in [9.17, 15) is 19.2 Å². The summed E-state index contributed by atoms with van der Waals surface area (Å²) in [6, 6.07) is 9.68. The largest absolute Gasteiger partial charge is 0.426 e. The number of carbonyl (C=O) groups excluding carboxylic acids is 4. The number of rotatable bonds is 4. The minimum Gasteiger partial charge on any atom is -0.426 e. The SMILES string of the molecule is Cc1cc(OC(=O)[C@@H]2CC(=O)N(c3cc(Cl)ccc3Cl)C2)ccc1N1C(=O)[C@H]2CCCC[C@H]2C1=O. The number of imide groups is 1. The van der Waals surface area contributed by atoms with Crippen LogP contribution in [0.5, 0.6) is 5.75 Å². The fraction of sp³-hybridized carbons (Fsp3) is 0.385. The van der Waals surface area contributed by atoms with Gasteiger partial charge in [-0.1, -0.05) is 36.0 Å². The van der Waals surface area contributed by atoms with E-state index in [2.05, 4.69) is 0 Å². The molecule has 2 aromatic carbocycles. The van der Waals surface area contributed by atoms with Crippen LogP contribution in [0.15, 0.2) is 36.4 Å². The molecule has 0 unspecified atom stereocenters. The quantitative estimate of drug-likeness (QED) is 0.327. The molecule has 3 fully saturated rings. The van der Waals surface area contributed by atoms with E-state index in [4.69, 9.17) is 27.9 Å². The summed E-state index contributed by atoms with van der Waals surface area (Å²) in [4.78, 5) is 54.0. The number of aryl methyl sites for hydroxylation is 1. The number of esters is 1. The Hall–Kier alpha value is -2.90. The number of fused-ring (bicyclic) bond motifs is 1. The van der Waals surface area contributed by atoms with Crippen LogP contribution in [0.2, 0.25) is 10.0 Å². The van der Waals surface area contributed by atoms with Gasteiger partial charge in [0.1, 0.15) is 5.75 Å². The Labute approximate surface area is 212 Å². The summed E-state index contributed by atoms with van der Waals surface area (Å²) in [6.07, 6.45) is 3.42. The first-order valence-electron chi connectivity index (χ1n) is 11.7. The molecule has 2 heterocycles. The van der Waals surface area contributed by atoms with Crippen molar-refractivity contribution in [3.63, 3.8) is 0 Å². The lowest BCUT2D eigenvalue weighted by Crippen LogP contribution is -2.31. The van der Waals surface area contributed by atoms with Crippen LogP contribution in [0.3, 0.4) is 0 Å². The van der Waals surface area contributed by atoms with Crippen molar-refractivity contribution in [3.05, 3.63) is 52.0 Å². The molecule has 3 amide bonds. The van der Waals surface area contributed by atoms with Crippen LogP contribution in [-0.4, -0.2) is 30.2 Å². The molecule has 0 aromatic heterocycles. The van der Waals surface area contributed by atoms with Crippen molar-refractivity contribution in [2.75, 3.05) is 16.3 Å². The third-order valence-corrected chi connectivity index (χ3v) is 7.68. The minimum atomic E-state index is -0.664. The average Bonchev–Trinajstić information content (AvgIpc) is 3.34. The number of ether oxygens (including phenoxy) is 1. The second kappa shape index (κ2) is 9.28. The molecule has 7 nitrogen and oxygen atoms in total. The first kappa shape index (κ1) is 23.8. The molecule has 3 atom stereocenters. The lowest BCUT2D eigenvalue weighted by molar-refractivity contribution is -0.139. The number of nitrogens with zero attached hydrogens (tertiary/aromatic N) is 2. The number of amides is 3. The molecule has 0 spiro atoms. The number of anilines is 2. The molecular weight excluding hydrogens is 491 g/mol. The molecule has 0 radical (unpaired) electrons. The molecule has 0 N–H and O–H groups in total. The van der Waals surface area contributed by atoms with Gasteiger partial charge in [-0.25, -0.2) is 4.90 Å². The lowest BCUT2D eigenvalue weighted by Gasteiger charge is -2.19. The monoisotopic (exact) mass is 514 g/mol. The number of carbonyl (C=O) groups is 4. The van der Waals surface area contributed by atoms with Gasteiger partial charge in [-0.05, 0) is 61.7 Å². The van der Waals surface area contributed by atoms with Gasteiger partial charge in [0.2, 0.25) is 17.7 Å². The van der Waals surface area contributed by atoms with Crippen molar-refractivity contribution in [1.29, 1.82) is 0 Å². The van der Waals surface area contributed by atoms with Crippen LogP contribution in [-0.2, 0) is 19.2 Å². The Morgan fingerprint density at radius 2 is 1.63 bits per heavy atom. The highest BCUT2D eigenvalue weighted by Gasteiger charge is 2.49. The van der Waals surface area contributed by atoms with E-state index in [1.807, 2.05) is 0 Å². The van der Waals surface area contributed by atoms with Crippen molar-refractivity contribution in [1.82, 2.24) is 0 Å². The Bertz CT molecular complexity index is 1220. The Kier molecular flexibility index (Phi) is 6.32. The van der Waals surface area contributed by atoms with E-state index in [-0.39, 0.29) is 42.5 Å². The normalized spacial score (nSPS) is 24.2. The van der Waals surface area contributed by atoms with Gasteiger partial charge in [-0.3, -0.25) is 19.2 Å². The molecule has 3 aliphatic rings. The van der Waals surface area contributed by atoms with Gasteiger partial charge in [-0.2, -0.15) is 0 Å². The first-order valence-corrected chi connectivity index (χ1v) is 12.5. The third kappa shape index (κ3) is 4.32. The number of hydrogen-bond acceptors (Lipinski definition) is 5. The highest BCUT2D eigenvalue weighted by molar-refractivity contribution is 6.36. The van der Waals surface area contributed by atoms with Crippen molar-refractivity contribution < 1.29 is 23.9 Å². The van der Waals surface area contributed by atoms with Crippen LogP contribution >= 0.6 is 23.2 Å². The highest BCUT2D eigenvalue weighted by Crippen LogP contribution is 2.41. The zero-order valence-corrected chi connectivity index (χ0v) is 20.6. The van der Waals surface area contributed by atoms with E-state index in [1.54, 1.807) is 43.3 Å². The van der Waals surface area contributed by atoms with E-state index < -0.39 is 11.9 Å². The topological polar surface area (TPSA) is 84.0 Å². The first-order chi connectivity index (χ1) is 16.7. The van der Waals surface area contributed by atoms with Crippen molar-refractivity contribution in [3.8, 4) is 5.75 Å². The molecular formula is C26H24Cl2N2O5. The number of halogens is 2. The molecule has 5 rings (SSSR count). The van der Waals surface area contributed by atoms with Crippen molar-refractivity contribution in [2.45, 2.75) is 39.0 Å². The summed E-state index contributed by atoms with van der Waals surface area (Å²) in [5.41, 5.74) is 1.64. The second-order valence-electron chi connectivity index (χ2n) is 9.38. The van der Waals surface area contributed by atoms with Gasteiger partial charge in [0.05, 0.1) is 34.2 Å². The molecule has 1 aliphatic carbocycles. The van der Waals surface area contributed by atoms with Crippen LogP contribution in [0.4, 0.5) is 11.4 Å². The average molecular weight is 515 g/mol. The molecule has 0 bridgehead atoms. The maximum absolute atomic E-state index is 12.9. The molecule has 9 heteroatoms. The van der Waals surface area contributed by atoms with Gasteiger partial charge in [0.15, 0.2) is 0 Å². The lowest BCUT2D eigenvalue weighted by atomic mass is 9.81. The van der Waals surface area contributed by atoms with Crippen LogP contribution in [0, 0.1) is 24.7 Å². The summed E-state index contributed by atoms with van der Waals surface area (Å²) in [6.45, 7) is 1.91. The summed E-state index contributed by atoms with van der Waals surface area (Å²) < 4.78 is 5.57. The smallest absolute Gasteiger partial charge is 0.316 e. The van der Waals surface area contributed by atoms with Crippen LogP contribution < -0.4 is 14.5 Å². The fourth-order valence-electron chi connectivity index (χ4n) is 5.33. The van der Waals surface area contributed by atoms with Gasteiger partial charge >= 0.3 is 5.97 Å². The third-order valence-electron chi connectivity index (χ3n) is 7.13. The standard InChI is InChI=1S/C26H24Cl2N2O5/c1-14-10-17(7-9-21(14)30-24(32)18-4-2-3-5-19(18)25(30)33)35-26(34)15-11-23(31)29(13-15)22-12-16(27)6-8-20(22)28/h6-10,12,15,18-19H,2-5,11,13H2,1H3/t15-,18-,19+/m1/s1. The van der Waals surface area contributed by atoms with Gasteiger partial charge in [0, 0.05) is 18.0 Å². The zero-order valence-electron chi connectivity index (χ0n) is 19.1. The number of benzene rings is 2. The van der Waals surface area contributed by atoms with Crippen LogP contribution in [0.25, 0.3) is 0 Å². The Morgan fingerprint density at radius 3 is 2.29 bits per heavy atom. The molecule has 2 saturated heterocycles. The zero-order chi connectivity index (χ0) is 24.9. The summed E-state index contributed by atoms with van der Waals surface area (Å²) in [5, 5.41) is 0.807. The van der Waals surface area contributed by atoms with Gasteiger partial charge in [0.25, 0.3) is 0 Å². The summed E-state index contributed by atoms with van der Waals surface area (Å²) >= 11 is 12.3. The van der Waals surface area contributed by atoms with E-state index in [0.29, 0.717) is 32.7 Å². The highest BCUT2D eigenvalue weighted by atomic mass is 35.5. The molecule has 2 aromatic rings. The molecule has 182 valence electrons. The van der Waals surface area contributed by atoms with E-state index >= 15 is 0 Å². The maximum atomic E-state index is 12.9. The second-order valence-corrected chi connectivity index (χ2v) is 10.2. The summed E-state index contributed by atoms with van der Waals surface area (Å²) in [7, 11) is 0. The van der Waals surface area contributed by atoms with E-state index in [1.165, 1.54) is 9.80 Å². The fourth-order valence-corrected chi connectivity index (χ4v) is 5.72. The molecule has 1 saturated carbocycles. The minimum absolute atomic E-state index is 0.00169. The van der Waals surface area contributed by atoms with Crippen molar-refractivity contribution >= 4 is 58.3 Å². The Morgan fingerprint density at radius 1 is 0.943 bits per heavy atom. The maximum Gasteiger partial charge on any atom is 0.316 e. The van der Waals surface area contributed by atoms with E-state index in [0.717, 1.165) is 25.7 Å². The van der Waals surface area contributed by atoms with Crippen LogP contribution in [0.1, 0.15) is 37.7 Å². The predicted octanol–water partition coefficient (Wildman–Crippen LogP) is 4.94.